The zero-order valence-corrected chi connectivity index (χ0v) is 16.1. The molecule has 0 aliphatic heterocycles. The number of hydrogen-bond acceptors (Lipinski definition) is 4. The number of hydrogen-bond donors (Lipinski definition) is 3. The van der Waals surface area contributed by atoms with Gasteiger partial charge in [-0.1, -0.05) is 30.7 Å². The number of nitrogens with one attached hydrogen (secondary N) is 2. The van der Waals surface area contributed by atoms with E-state index in [2.05, 4.69) is 10.6 Å². The molecule has 0 saturated heterocycles. The molecule has 2 atom stereocenters. The summed E-state index contributed by atoms with van der Waals surface area (Å²) < 4.78 is 5.19. The number of carbonyl (C=O) groups is 3. The number of carboxylic acid groups (broad SMARTS) is 1. The smallest absolute Gasteiger partial charge is 0.408 e. The molecule has 1 aromatic carbocycles. The fraction of sp³-hybridized carbons (Fsp3) is 0.500. The Balaban J connectivity index is 2.92. The summed E-state index contributed by atoms with van der Waals surface area (Å²) in [7, 11) is 0. The van der Waals surface area contributed by atoms with E-state index < -0.39 is 35.7 Å². The molecule has 0 aliphatic carbocycles. The Hall–Kier alpha value is -2.28. The first-order chi connectivity index (χ1) is 12.0. The van der Waals surface area contributed by atoms with E-state index in [0.717, 1.165) is 5.56 Å². The van der Waals surface area contributed by atoms with Crippen LogP contribution in [0, 0.1) is 0 Å². The van der Waals surface area contributed by atoms with Gasteiger partial charge in [-0.3, -0.25) is 4.79 Å². The molecule has 0 aliphatic rings. The van der Waals surface area contributed by atoms with E-state index in [9.17, 15) is 14.4 Å². The molecule has 0 saturated carbocycles. The predicted octanol–water partition coefficient (Wildman–Crippen LogP) is 2.76. The third-order valence-electron chi connectivity index (χ3n) is 3.38. The maximum Gasteiger partial charge on any atom is 0.408 e. The van der Waals surface area contributed by atoms with Gasteiger partial charge < -0.3 is 20.5 Å². The largest absolute Gasteiger partial charge is 0.480 e. The number of rotatable bonds is 7. The highest BCUT2D eigenvalue weighted by atomic mass is 35.5. The fourth-order valence-corrected chi connectivity index (χ4v) is 2.25. The molecule has 1 rings (SSSR count). The van der Waals surface area contributed by atoms with Gasteiger partial charge in [-0.05, 0) is 44.9 Å². The lowest BCUT2D eigenvalue weighted by atomic mass is 10.0. The van der Waals surface area contributed by atoms with Gasteiger partial charge in [0.25, 0.3) is 0 Å². The van der Waals surface area contributed by atoms with E-state index in [4.69, 9.17) is 21.4 Å². The Morgan fingerprint density at radius 3 is 2.15 bits per heavy atom. The van der Waals surface area contributed by atoms with Gasteiger partial charge in [0.2, 0.25) is 5.91 Å². The second kappa shape index (κ2) is 9.43. The molecule has 0 unspecified atom stereocenters. The van der Waals surface area contributed by atoms with Crippen molar-refractivity contribution < 1.29 is 24.2 Å². The highest BCUT2D eigenvalue weighted by Gasteiger charge is 2.27. The number of carboxylic acids is 1. The molecule has 7 nitrogen and oxygen atoms in total. The summed E-state index contributed by atoms with van der Waals surface area (Å²) in [5.41, 5.74) is 0.0345. The average molecular weight is 385 g/mol. The minimum absolute atomic E-state index is 0.165. The molecule has 2 amide bonds. The number of halogens is 1. The van der Waals surface area contributed by atoms with Crippen molar-refractivity contribution in [2.45, 2.75) is 58.2 Å². The van der Waals surface area contributed by atoms with Crippen LogP contribution < -0.4 is 10.6 Å². The van der Waals surface area contributed by atoms with Crippen molar-refractivity contribution in [1.82, 2.24) is 10.6 Å². The molecule has 26 heavy (non-hydrogen) atoms. The summed E-state index contributed by atoms with van der Waals surface area (Å²) in [5.74, 6) is -1.73. The Morgan fingerprint density at radius 2 is 1.69 bits per heavy atom. The van der Waals surface area contributed by atoms with E-state index in [1.807, 2.05) is 0 Å². The van der Waals surface area contributed by atoms with Crippen LogP contribution in [0.25, 0.3) is 0 Å². The molecule has 0 bridgehead atoms. The summed E-state index contributed by atoms with van der Waals surface area (Å²) in [6.45, 7) is 6.77. The van der Waals surface area contributed by atoms with E-state index in [1.165, 1.54) is 0 Å². The third-order valence-corrected chi connectivity index (χ3v) is 3.64. The van der Waals surface area contributed by atoms with Gasteiger partial charge in [-0.15, -0.1) is 0 Å². The summed E-state index contributed by atoms with van der Waals surface area (Å²) in [5, 5.41) is 14.6. The van der Waals surface area contributed by atoms with Gasteiger partial charge in [0, 0.05) is 11.4 Å². The Morgan fingerprint density at radius 1 is 1.12 bits per heavy atom. The highest BCUT2D eigenvalue weighted by Crippen LogP contribution is 2.12. The van der Waals surface area contributed by atoms with Crippen LogP contribution in [0.4, 0.5) is 4.79 Å². The molecule has 1 aromatic rings. The highest BCUT2D eigenvalue weighted by molar-refractivity contribution is 6.30. The summed E-state index contributed by atoms with van der Waals surface area (Å²) in [4.78, 5) is 35.7. The number of carbonyl (C=O) groups excluding carboxylic acids is 2. The average Bonchev–Trinajstić information content (AvgIpc) is 2.51. The summed E-state index contributed by atoms with van der Waals surface area (Å²) >= 11 is 5.86. The van der Waals surface area contributed by atoms with Crippen molar-refractivity contribution in [3.63, 3.8) is 0 Å². The molecular formula is C18H25ClN2O5. The monoisotopic (exact) mass is 384 g/mol. The van der Waals surface area contributed by atoms with Crippen molar-refractivity contribution in [2.75, 3.05) is 0 Å². The van der Waals surface area contributed by atoms with Crippen molar-refractivity contribution in [1.29, 1.82) is 0 Å². The molecule has 0 aromatic heterocycles. The van der Waals surface area contributed by atoms with Crippen LogP contribution in [-0.4, -0.2) is 40.8 Å². The van der Waals surface area contributed by atoms with Crippen molar-refractivity contribution in [3.05, 3.63) is 34.9 Å². The second-order valence-corrected chi connectivity index (χ2v) is 7.27. The van der Waals surface area contributed by atoms with Crippen LogP contribution in [0.5, 0.6) is 0 Å². The maximum atomic E-state index is 12.5. The lowest BCUT2D eigenvalue weighted by Crippen LogP contribution is -2.53. The Labute approximate surface area is 158 Å². The molecular weight excluding hydrogens is 360 g/mol. The zero-order valence-electron chi connectivity index (χ0n) is 15.3. The normalized spacial score (nSPS) is 13.4. The van der Waals surface area contributed by atoms with Crippen molar-refractivity contribution in [2.24, 2.45) is 0 Å². The molecule has 144 valence electrons. The fourth-order valence-electron chi connectivity index (χ4n) is 2.13. The SMILES string of the molecule is CC[C@@H](NC(=O)[C@H](Cc1ccc(Cl)cc1)NC(=O)OC(C)(C)C)C(=O)O. The minimum atomic E-state index is -1.14. The first kappa shape index (κ1) is 21.8. The van der Waals surface area contributed by atoms with Crippen LogP contribution in [-0.2, 0) is 20.7 Å². The first-order valence-electron chi connectivity index (χ1n) is 8.29. The quantitative estimate of drug-likeness (QED) is 0.670. The van der Waals surface area contributed by atoms with Gasteiger partial charge in [0.05, 0.1) is 0 Å². The molecule has 8 heteroatoms. The van der Waals surface area contributed by atoms with E-state index in [1.54, 1.807) is 52.0 Å². The van der Waals surface area contributed by atoms with Gasteiger partial charge in [-0.2, -0.15) is 0 Å². The topological polar surface area (TPSA) is 105 Å². The lowest BCUT2D eigenvalue weighted by molar-refractivity contribution is -0.142. The maximum absolute atomic E-state index is 12.5. The van der Waals surface area contributed by atoms with Gasteiger partial charge in [0.15, 0.2) is 0 Å². The van der Waals surface area contributed by atoms with Gasteiger partial charge in [0.1, 0.15) is 17.7 Å². The molecule has 0 heterocycles. The predicted molar refractivity (Wildman–Crippen MR) is 98.2 cm³/mol. The van der Waals surface area contributed by atoms with Crippen molar-refractivity contribution in [3.8, 4) is 0 Å². The number of ether oxygens (including phenoxy) is 1. The van der Waals surface area contributed by atoms with Crippen LogP contribution in [0.1, 0.15) is 39.7 Å². The molecule has 0 spiro atoms. The second-order valence-electron chi connectivity index (χ2n) is 6.84. The van der Waals surface area contributed by atoms with E-state index in [0.29, 0.717) is 5.02 Å². The van der Waals surface area contributed by atoms with Crippen LogP contribution in [0.2, 0.25) is 5.02 Å². The summed E-state index contributed by atoms with van der Waals surface area (Å²) in [6.07, 6.45) is -0.366. The number of alkyl carbamates (subject to hydrolysis) is 1. The lowest BCUT2D eigenvalue weighted by Gasteiger charge is -2.24. The van der Waals surface area contributed by atoms with E-state index >= 15 is 0 Å². The van der Waals surface area contributed by atoms with Crippen LogP contribution in [0.3, 0.4) is 0 Å². The number of benzene rings is 1. The zero-order chi connectivity index (χ0) is 19.9. The Kier molecular flexibility index (Phi) is 7.89. The molecule has 0 radical (unpaired) electrons. The number of amides is 2. The van der Waals surface area contributed by atoms with Gasteiger partial charge in [-0.25, -0.2) is 9.59 Å². The standard InChI is InChI=1S/C18H25ClN2O5/c1-5-13(16(23)24)20-15(22)14(21-17(25)26-18(2,3)4)10-11-6-8-12(19)9-7-11/h6-9,13-14H,5,10H2,1-4H3,(H,20,22)(H,21,25)(H,23,24)/t13-,14+/m1/s1. The Bertz CT molecular complexity index is 640. The summed E-state index contributed by atoms with van der Waals surface area (Å²) in [6, 6.07) is 4.79. The third kappa shape index (κ3) is 7.74. The first-order valence-corrected chi connectivity index (χ1v) is 8.66. The van der Waals surface area contributed by atoms with Gasteiger partial charge >= 0.3 is 12.1 Å². The molecule has 3 N–H and O–H groups in total. The number of aliphatic carboxylic acids is 1. The van der Waals surface area contributed by atoms with E-state index in [-0.39, 0.29) is 12.8 Å². The van der Waals surface area contributed by atoms with Crippen molar-refractivity contribution >= 4 is 29.6 Å². The molecule has 0 fully saturated rings. The van der Waals surface area contributed by atoms with Crippen LogP contribution in [0.15, 0.2) is 24.3 Å². The minimum Gasteiger partial charge on any atom is -0.480 e. The van der Waals surface area contributed by atoms with Crippen LogP contribution >= 0.6 is 11.6 Å².